The molecule has 3 heteroatoms. The highest BCUT2D eigenvalue weighted by Gasteiger charge is 2.11. The van der Waals surface area contributed by atoms with Gasteiger partial charge in [0.05, 0.1) is 6.54 Å². The van der Waals surface area contributed by atoms with Gasteiger partial charge in [0.2, 0.25) is 0 Å². The third-order valence-electron chi connectivity index (χ3n) is 3.23. The number of carbonyl (C=O) groups is 1. The lowest BCUT2D eigenvalue weighted by Crippen LogP contribution is -2.29. The number of ketones is 1. The summed E-state index contributed by atoms with van der Waals surface area (Å²) in [5, 5.41) is 0. The van der Waals surface area contributed by atoms with Crippen molar-refractivity contribution in [3.63, 3.8) is 0 Å². The maximum atomic E-state index is 12.3. The molecule has 0 spiro atoms. The van der Waals surface area contributed by atoms with Gasteiger partial charge in [-0.2, -0.15) is 0 Å². The summed E-state index contributed by atoms with van der Waals surface area (Å²) in [4.78, 5) is 14.4. The summed E-state index contributed by atoms with van der Waals surface area (Å²) in [5.74, 6) is 0.180. The van der Waals surface area contributed by atoms with Crippen molar-refractivity contribution in [2.45, 2.75) is 13.5 Å². The van der Waals surface area contributed by atoms with Gasteiger partial charge >= 0.3 is 0 Å². The van der Waals surface area contributed by atoms with E-state index in [2.05, 4.69) is 46.5 Å². The number of benzene rings is 2. The van der Waals surface area contributed by atoms with Crippen LogP contribution in [0.3, 0.4) is 0 Å². The minimum atomic E-state index is 0.180. The van der Waals surface area contributed by atoms with Crippen LogP contribution in [0.5, 0.6) is 0 Å². The zero-order chi connectivity index (χ0) is 14.4. The van der Waals surface area contributed by atoms with Gasteiger partial charge in [0, 0.05) is 15.7 Å². The minimum Gasteiger partial charge on any atom is -0.293 e. The maximum Gasteiger partial charge on any atom is 0.176 e. The van der Waals surface area contributed by atoms with Gasteiger partial charge in [-0.3, -0.25) is 9.69 Å². The molecule has 0 amide bonds. The van der Waals surface area contributed by atoms with E-state index in [9.17, 15) is 4.79 Å². The van der Waals surface area contributed by atoms with Gasteiger partial charge in [-0.25, -0.2) is 0 Å². The van der Waals surface area contributed by atoms with Gasteiger partial charge in [0.15, 0.2) is 5.78 Å². The Labute approximate surface area is 133 Å². The largest absolute Gasteiger partial charge is 0.293 e. The first-order chi connectivity index (χ1) is 9.69. The molecule has 0 heterocycles. The van der Waals surface area contributed by atoms with Crippen LogP contribution in [0.15, 0.2) is 54.6 Å². The van der Waals surface area contributed by atoms with E-state index in [1.807, 2.05) is 42.5 Å². The van der Waals surface area contributed by atoms with Gasteiger partial charge in [-0.1, -0.05) is 49.4 Å². The van der Waals surface area contributed by atoms with E-state index in [-0.39, 0.29) is 5.78 Å². The van der Waals surface area contributed by atoms with Gasteiger partial charge in [-0.05, 0) is 46.8 Å². The Bertz CT molecular complexity index is 551. The van der Waals surface area contributed by atoms with Crippen LogP contribution in [-0.4, -0.2) is 23.8 Å². The molecule has 2 aromatic carbocycles. The highest BCUT2D eigenvalue weighted by molar-refractivity contribution is 14.1. The molecule has 0 N–H and O–H groups in total. The SMILES string of the molecule is CCN(CC(=O)c1ccc(I)cc1)Cc1ccccc1. The Morgan fingerprint density at radius 3 is 2.30 bits per heavy atom. The van der Waals surface area contributed by atoms with Crippen molar-refractivity contribution in [2.75, 3.05) is 13.1 Å². The minimum absolute atomic E-state index is 0.180. The topological polar surface area (TPSA) is 20.3 Å². The number of Topliss-reactive ketones (excluding diaryl/α,β-unsaturated/α-hetero) is 1. The van der Waals surface area contributed by atoms with E-state index < -0.39 is 0 Å². The summed E-state index contributed by atoms with van der Waals surface area (Å²) in [6, 6.07) is 18.0. The van der Waals surface area contributed by atoms with E-state index in [4.69, 9.17) is 0 Å². The van der Waals surface area contributed by atoms with Gasteiger partial charge in [0.1, 0.15) is 0 Å². The van der Waals surface area contributed by atoms with Gasteiger partial charge < -0.3 is 0 Å². The smallest absolute Gasteiger partial charge is 0.176 e. The zero-order valence-corrected chi connectivity index (χ0v) is 13.7. The lowest BCUT2D eigenvalue weighted by Gasteiger charge is -2.19. The first-order valence-corrected chi connectivity index (χ1v) is 7.82. The number of likely N-dealkylation sites (N-methyl/N-ethyl adjacent to an activating group) is 1. The third-order valence-corrected chi connectivity index (χ3v) is 3.95. The average Bonchev–Trinajstić information content (AvgIpc) is 2.48. The summed E-state index contributed by atoms with van der Waals surface area (Å²) in [7, 11) is 0. The standard InChI is InChI=1S/C17H18INO/c1-2-19(12-14-6-4-3-5-7-14)13-17(20)15-8-10-16(18)11-9-15/h3-11H,2,12-13H2,1H3. The molecule has 0 unspecified atom stereocenters. The van der Waals surface area contributed by atoms with Crippen LogP contribution in [0.4, 0.5) is 0 Å². The Kier molecular flexibility index (Phi) is 5.73. The molecule has 0 saturated carbocycles. The fraction of sp³-hybridized carbons (Fsp3) is 0.235. The molecular formula is C17H18INO. The fourth-order valence-electron chi connectivity index (χ4n) is 2.05. The average molecular weight is 379 g/mol. The lowest BCUT2D eigenvalue weighted by molar-refractivity contribution is 0.0929. The summed E-state index contributed by atoms with van der Waals surface area (Å²) in [6.07, 6.45) is 0. The number of nitrogens with zero attached hydrogens (tertiary/aromatic N) is 1. The van der Waals surface area contributed by atoms with E-state index in [1.54, 1.807) is 0 Å². The first-order valence-electron chi connectivity index (χ1n) is 6.74. The van der Waals surface area contributed by atoms with Crippen molar-refractivity contribution in [3.8, 4) is 0 Å². The quantitative estimate of drug-likeness (QED) is 0.559. The van der Waals surface area contributed by atoms with Gasteiger partial charge in [0.25, 0.3) is 0 Å². The molecule has 0 aliphatic heterocycles. The van der Waals surface area contributed by atoms with Crippen molar-refractivity contribution in [2.24, 2.45) is 0 Å². The Morgan fingerprint density at radius 2 is 1.70 bits per heavy atom. The summed E-state index contributed by atoms with van der Waals surface area (Å²) >= 11 is 2.25. The number of hydrogen-bond acceptors (Lipinski definition) is 2. The Morgan fingerprint density at radius 1 is 1.05 bits per heavy atom. The summed E-state index contributed by atoms with van der Waals surface area (Å²) in [6.45, 7) is 4.23. The van der Waals surface area contributed by atoms with Crippen LogP contribution in [0.25, 0.3) is 0 Å². The Hall–Kier alpha value is -1.20. The highest BCUT2D eigenvalue weighted by atomic mass is 127. The molecule has 0 radical (unpaired) electrons. The fourth-order valence-corrected chi connectivity index (χ4v) is 2.41. The molecule has 0 aliphatic carbocycles. The van der Waals surface area contributed by atoms with E-state index in [0.29, 0.717) is 6.54 Å². The van der Waals surface area contributed by atoms with Crippen LogP contribution in [0.2, 0.25) is 0 Å². The molecule has 104 valence electrons. The molecule has 0 aromatic heterocycles. The van der Waals surface area contributed by atoms with Crippen LogP contribution >= 0.6 is 22.6 Å². The predicted octanol–water partition coefficient (Wildman–Crippen LogP) is 4.00. The van der Waals surface area contributed by atoms with Crippen molar-refractivity contribution in [1.82, 2.24) is 4.90 Å². The van der Waals surface area contributed by atoms with E-state index >= 15 is 0 Å². The predicted molar refractivity (Wildman–Crippen MR) is 90.9 cm³/mol. The number of halogens is 1. The number of hydrogen-bond donors (Lipinski definition) is 0. The molecule has 2 nitrogen and oxygen atoms in total. The zero-order valence-electron chi connectivity index (χ0n) is 11.6. The van der Waals surface area contributed by atoms with Crippen molar-refractivity contribution >= 4 is 28.4 Å². The monoisotopic (exact) mass is 379 g/mol. The summed E-state index contributed by atoms with van der Waals surface area (Å²) in [5.41, 5.74) is 2.03. The molecule has 0 aliphatic rings. The lowest BCUT2D eigenvalue weighted by atomic mass is 10.1. The van der Waals surface area contributed by atoms with E-state index in [1.165, 1.54) is 5.56 Å². The molecule has 2 rings (SSSR count). The first kappa shape index (κ1) is 15.2. The second kappa shape index (κ2) is 7.55. The third kappa shape index (κ3) is 4.42. The van der Waals surface area contributed by atoms with Crippen LogP contribution in [-0.2, 0) is 6.54 Å². The second-order valence-electron chi connectivity index (χ2n) is 4.72. The van der Waals surface area contributed by atoms with Crippen LogP contribution < -0.4 is 0 Å². The highest BCUT2D eigenvalue weighted by Crippen LogP contribution is 2.10. The maximum absolute atomic E-state index is 12.3. The normalized spacial score (nSPS) is 10.8. The van der Waals surface area contributed by atoms with Crippen molar-refractivity contribution < 1.29 is 4.79 Å². The molecule has 0 saturated heterocycles. The Balaban J connectivity index is 1.99. The van der Waals surface area contributed by atoms with Gasteiger partial charge in [-0.15, -0.1) is 0 Å². The van der Waals surface area contributed by atoms with Crippen molar-refractivity contribution in [1.29, 1.82) is 0 Å². The molecule has 20 heavy (non-hydrogen) atoms. The summed E-state index contributed by atoms with van der Waals surface area (Å²) < 4.78 is 1.15. The number of rotatable bonds is 6. The molecule has 2 aromatic rings. The molecule has 0 fully saturated rings. The van der Waals surface area contributed by atoms with E-state index in [0.717, 1.165) is 22.2 Å². The second-order valence-corrected chi connectivity index (χ2v) is 5.96. The van der Waals surface area contributed by atoms with Crippen molar-refractivity contribution in [3.05, 3.63) is 69.3 Å². The van der Waals surface area contributed by atoms with Crippen LogP contribution in [0, 0.1) is 3.57 Å². The molecule has 0 bridgehead atoms. The van der Waals surface area contributed by atoms with Crippen LogP contribution in [0.1, 0.15) is 22.8 Å². The number of carbonyl (C=O) groups excluding carboxylic acids is 1. The molecular weight excluding hydrogens is 361 g/mol. The molecule has 0 atom stereocenters.